The molecule has 7 nitrogen and oxygen atoms in total. The predicted octanol–water partition coefficient (Wildman–Crippen LogP) is 2.38. The molecule has 2 aliphatic rings. The summed E-state index contributed by atoms with van der Waals surface area (Å²) in [4.78, 5) is 19.0. The number of hydrogen-bond donors (Lipinski definition) is 1. The Kier molecular flexibility index (Phi) is 5.11. The predicted molar refractivity (Wildman–Crippen MR) is 111 cm³/mol. The molecule has 5 rings (SSSR count). The van der Waals surface area contributed by atoms with E-state index >= 15 is 0 Å². The molecule has 1 N–H and O–H groups in total. The summed E-state index contributed by atoms with van der Waals surface area (Å²) in [6.45, 7) is 3.61. The van der Waals surface area contributed by atoms with Crippen LogP contribution < -0.4 is 14.8 Å². The van der Waals surface area contributed by atoms with E-state index in [1.165, 1.54) is 5.69 Å². The van der Waals surface area contributed by atoms with Gasteiger partial charge in [-0.2, -0.15) is 0 Å². The summed E-state index contributed by atoms with van der Waals surface area (Å²) in [7, 11) is 0. The van der Waals surface area contributed by atoms with Crippen LogP contribution in [0.15, 0.2) is 61.1 Å². The molecule has 1 unspecified atom stereocenters. The van der Waals surface area contributed by atoms with E-state index in [1.807, 2.05) is 24.3 Å². The number of nitrogens with zero attached hydrogens (tertiary/aromatic N) is 3. The number of ether oxygens (including phenoxy) is 2. The lowest BCUT2D eigenvalue weighted by Gasteiger charge is -2.37. The summed E-state index contributed by atoms with van der Waals surface area (Å²) in [5.41, 5.74) is 3.31. The third kappa shape index (κ3) is 3.76. The zero-order chi connectivity index (χ0) is 20.3. The van der Waals surface area contributed by atoms with Gasteiger partial charge in [0.15, 0.2) is 11.5 Å². The Morgan fingerprint density at radius 2 is 1.90 bits per heavy atom. The van der Waals surface area contributed by atoms with Crippen LogP contribution in [0.3, 0.4) is 0 Å². The Morgan fingerprint density at radius 1 is 1.07 bits per heavy atom. The van der Waals surface area contributed by atoms with E-state index in [9.17, 15) is 4.79 Å². The van der Waals surface area contributed by atoms with Gasteiger partial charge in [0.1, 0.15) is 13.2 Å². The molecule has 0 fully saturated rings. The third-order valence-electron chi connectivity index (χ3n) is 5.61. The highest BCUT2D eigenvalue weighted by atomic mass is 16.6. The van der Waals surface area contributed by atoms with Crippen molar-refractivity contribution >= 4 is 5.91 Å². The maximum atomic E-state index is 12.7. The van der Waals surface area contributed by atoms with E-state index in [1.54, 1.807) is 12.4 Å². The molecular weight excluding hydrogens is 380 g/mol. The van der Waals surface area contributed by atoms with Crippen molar-refractivity contribution in [3.8, 4) is 11.5 Å². The van der Waals surface area contributed by atoms with Crippen molar-refractivity contribution < 1.29 is 14.3 Å². The summed E-state index contributed by atoms with van der Waals surface area (Å²) < 4.78 is 13.7. The van der Waals surface area contributed by atoms with Crippen LogP contribution in [0, 0.1) is 0 Å². The second kappa shape index (κ2) is 8.20. The van der Waals surface area contributed by atoms with Crippen LogP contribution in [0.1, 0.15) is 22.9 Å². The molecular formula is C23H24N4O3. The lowest BCUT2D eigenvalue weighted by Crippen LogP contribution is -2.44. The van der Waals surface area contributed by atoms with E-state index in [4.69, 9.17) is 9.47 Å². The highest BCUT2D eigenvalue weighted by Crippen LogP contribution is 2.38. The van der Waals surface area contributed by atoms with Crippen LogP contribution in [-0.4, -0.2) is 46.7 Å². The molecule has 1 aromatic carbocycles. The van der Waals surface area contributed by atoms with Gasteiger partial charge < -0.3 is 19.4 Å². The second-order valence-corrected chi connectivity index (χ2v) is 7.53. The van der Waals surface area contributed by atoms with E-state index in [2.05, 4.69) is 44.2 Å². The fraction of sp³-hybridized carbons (Fsp3) is 0.304. The number of benzene rings is 1. The molecule has 30 heavy (non-hydrogen) atoms. The molecule has 1 amide bonds. The Balaban J connectivity index is 1.36. The Bertz CT molecular complexity index is 1030. The van der Waals surface area contributed by atoms with E-state index in [0.29, 0.717) is 26.3 Å². The van der Waals surface area contributed by atoms with Crippen molar-refractivity contribution in [2.45, 2.75) is 19.1 Å². The maximum absolute atomic E-state index is 12.7. The van der Waals surface area contributed by atoms with Crippen molar-refractivity contribution in [1.82, 2.24) is 19.8 Å². The van der Waals surface area contributed by atoms with E-state index in [-0.39, 0.29) is 11.9 Å². The van der Waals surface area contributed by atoms with Crippen molar-refractivity contribution in [3.05, 3.63) is 77.9 Å². The number of rotatable bonds is 5. The minimum Gasteiger partial charge on any atom is -0.486 e. The molecule has 0 spiro atoms. The number of amides is 1. The largest absolute Gasteiger partial charge is 0.486 e. The van der Waals surface area contributed by atoms with Gasteiger partial charge in [0, 0.05) is 43.9 Å². The van der Waals surface area contributed by atoms with Gasteiger partial charge in [0.25, 0.3) is 0 Å². The quantitative estimate of drug-likeness (QED) is 0.707. The van der Waals surface area contributed by atoms with Crippen molar-refractivity contribution in [2.75, 3.05) is 26.3 Å². The molecule has 2 aliphatic heterocycles. The van der Waals surface area contributed by atoms with Crippen LogP contribution in [0.4, 0.5) is 0 Å². The normalized spacial score (nSPS) is 17.9. The SMILES string of the molecule is O=C(CN1CCn2cccc2C1c1ccc2c(c1)OCCO2)NCc1ccncc1. The molecule has 0 bridgehead atoms. The fourth-order valence-electron chi connectivity index (χ4n) is 4.16. The molecule has 0 radical (unpaired) electrons. The monoisotopic (exact) mass is 404 g/mol. The van der Waals surface area contributed by atoms with Gasteiger partial charge in [0.05, 0.1) is 12.6 Å². The fourth-order valence-corrected chi connectivity index (χ4v) is 4.16. The second-order valence-electron chi connectivity index (χ2n) is 7.53. The van der Waals surface area contributed by atoms with Gasteiger partial charge in [-0.25, -0.2) is 0 Å². The molecule has 0 aliphatic carbocycles. The maximum Gasteiger partial charge on any atom is 0.234 e. The van der Waals surface area contributed by atoms with Gasteiger partial charge >= 0.3 is 0 Å². The topological polar surface area (TPSA) is 68.6 Å². The molecule has 0 saturated carbocycles. The zero-order valence-electron chi connectivity index (χ0n) is 16.7. The molecule has 154 valence electrons. The number of aromatic nitrogens is 2. The van der Waals surface area contributed by atoms with Crippen LogP contribution in [0.5, 0.6) is 11.5 Å². The Labute approximate surface area is 175 Å². The zero-order valence-corrected chi connectivity index (χ0v) is 16.7. The number of fused-ring (bicyclic) bond motifs is 2. The highest BCUT2D eigenvalue weighted by Gasteiger charge is 2.31. The molecule has 4 heterocycles. The first-order valence-corrected chi connectivity index (χ1v) is 10.2. The first kappa shape index (κ1) is 18.7. The number of carbonyl (C=O) groups is 1. The number of pyridine rings is 1. The minimum absolute atomic E-state index is 0.00867. The van der Waals surface area contributed by atoms with Gasteiger partial charge in [-0.1, -0.05) is 6.07 Å². The molecule has 7 heteroatoms. The smallest absolute Gasteiger partial charge is 0.234 e. The average Bonchev–Trinajstić information content (AvgIpc) is 3.27. The van der Waals surface area contributed by atoms with Crippen LogP contribution >= 0.6 is 0 Å². The average molecular weight is 404 g/mol. The van der Waals surface area contributed by atoms with Crippen LogP contribution in [0.25, 0.3) is 0 Å². The number of carbonyl (C=O) groups excluding carboxylic acids is 1. The summed E-state index contributed by atoms with van der Waals surface area (Å²) in [5, 5.41) is 3.03. The lowest BCUT2D eigenvalue weighted by atomic mass is 9.99. The first-order valence-electron chi connectivity index (χ1n) is 10.2. The molecule has 2 aromatic heterocycles. The van der Waals surface area contributed by atoms with Gasteiger partial charge in [0.2, 0.25) is 5.91 Å². The highest BCUT2D eigenvalue weighted by molar-refractivity contribution is 5.78. The molecule has 0 saturated heterocycles. The summed E-state index contributed by atoms with van der Waals surface area (Å²) >= 11 is 0. The Hall–Kier alpha value is -3.32. The lowest BCUT2D eigenvalue weighted by molar-refractivity contribution is -0.123. The summed E-state index contributed by atoms with van der Waals surface area (Å²) in [6, 6.07) is 14.1. The standard InChI is InChI=1S/C23H24N4O3/c28-22(25-15-17-5-7-24-8-6-17)16-27-11-10-26-9-1-2-19(26)23(27)18-3-4-20-21(14-18)30-13-12-29-20/h1-9,14,23H,10-13,15-16H2,(H,25,28). The third-order valence-corrected chi connectivity index (χ3v) is 5.61. The van der Waals surface area contributed by atoms with Gasteiger partial charge in [-0.15, -0.1) is 0 Å². The molecule has 1 atom stereocenters. The van der Waals surface area contributed by atoms with Crippen molar-refractivity contribution in [3.63, 3.8) is 0 Å². The minimum atomic E-state index is -0.0174. The summed E-state index contributed by atoms with van der Waals surface area (Å²) in [5.74, 6) is 1.55. The molecule has 3 aromatic rings. The van der Waals surface area contributed by atoms with Gasteiger partial charge in [-0.05, 0) is 47.5 Å². The van der Waals surface area contributed by atoms with Crippen molar-refractivity contribution in [2.24, 2.45) is 0 Å². The van der Waals surface area contributed by atoms with Crippen LogP contribution in [0.2, 0.25) is 0 Å². The van der Waals surface area contributed by atoms with E-state index < -0.39 is 0 Å². The number of hydrogen-bond acceptors (Lipinski definition) is 5. The van der Waals surface area contributed by atoms with Crippen molar-refractivity contribution in [1.29, 1.82) is 0 Å². The van der Waals surface area contributed by atoms with Gasteiger partial charge in [-0.3, -0.25) is 14.7 Å². The van der Waals surface area contributed by atoms with E-state index in [0.717, 1.165) is 35.7 Å². The first-order chi connectivity index (χ1) is 14.8. The van der Waals surface area contributed by atoms with Crippen LogP contribution in [-0.2, 0) is 17.9 Å². The Morgan fingerprint density at radius 3 is 2.77 bits per heavy atom. The number of nitrogens with one attached hydrogen (secondary N) is 1. The summed E-state index contributed by atoms with van der Waals surface area (Å²) in [6.07, 6.45) is 5.57.